The number of hydrogen-bond donors (Lipinski definition) is 2. The summed E-state index contributed by atoms with van der Waals surface area (Å²) in [6.45, 7) is 0.658. The van der Waals surface area contributed by atoms with Crippen molar-refractivity contribution in [2.45, 2.75) is 11.8 Å². The second-order valence-electron chi connectivity index (χ2n) is 4.00. The van der Waals surface area contributed by atoms with Crippen LogP contribution in [0, 0.1) is 17.7 Å². The van der Waals surface area contributed by atoms with Gasteiger partial charge in [-0.05, 0) is 18.2 Å². The first-order chi connectivity index (χ1) is 9.82. The molecular formula is C13H15FN2O4S. The second-order valence-corrected chi connectivity index (χ2v) is 5.94. The summed E-state index contributed by atoms with van der Waals surface area (Å²) in [5.41, 5.74) is 4.96. The largest absolute Gasteiger partial charge is 0.384 e. The third-order valence-corrected chi connectivity index (χ3v) is 4.48. The molecule has 0 aliphatic heterocycles. The highest BCUT2D eigenvalue weighted by Crippen LogP contribution is 2.18. The van der Waals surface area contributed by atoms with Crippen LogP contribution < -0.4 is 5.73 Å². The number of aliphatic hydroxyl groups excluding tert-OH is 1. The zero-order valence-electron chi connectivity index (χ0n) is 11.3. The molecule has 114 valence electrons. The first kappa shape index (κ1) is 17.1. The third-order valence-electron chi connectivity index (χ3n) is 2.57. The number of halogens is 1. The first-order valence-corrected chi connectivity index (χ1v) is 7.44. The number of primary amides is 1. The van der Waals surface area contributed by atoms with E-state index in [0.717, 1.165) is 10.4 Å². The number of nitrogens with two attached hydrogens (primary N) is 1. The lowest BCUT2D eigenvalue weighted by Crippen LogP contribution is -2.38. The lowest BCUT2D eigenvalue weighted by atomic mass is 10.2. The summed E-state index contributed by atoms with van der Waals surface area (Å²) in [5, 5.41) is 8.55. The van der Waals surface area contributed by atoms with E-state index in [9.17, 15) is 17.6 Å². The maximum atomic E-state index is 13.8. The summed E-state index contributed by atoms with van der Waals surface area (Å²) in [7, 11) is -4.01. The topological polar surface area (TPSA) is 101 Å². The van der Waals surface area contributed by atoms with Crippen LogP contribution in [-0.2, 0) is 14.8 Å². The van der Waals surface area contributed by atoms with Crippen LogP contribution in [0.15, 0.2) is 23.1 Å². The molecule has 0 radical (unpaired) electrons. The number of aliphatic hydroxyl groups is 1. The molecule has 0 spiro atoms. The van der Waals surface area contributed by atoms with E-state index >= 15 is 0 Å². The molecule has 0 atom stereocenters. The van der Waals surface area contributed by atoms with Crippen molar-refractivity contribution in [2.75, 3.05) is 19.7 Å². The molecular weight excluding hydrogens is 299 g/mol. The molecule has 0 aromatic heterocycles. The van der Waals surface area contributed by atoms with E-state index in [1.807, 2.05) is 0 Å². The van der Waals surface area contributed by atoms with Gasteiger partial charge in [-0.25, -0.2) is 12.8 Å². The van der Waals surface area contributed by atoms with Crippen molar-refractivity contribution in [1.82, 2.24) is 4.31 Å². The molecule has 1 rings (SSSR count). The van der Waals surface area contributed by atoms with Gasteiger partial charge in [-0.3, -0.25) is 4.79 Å². The zero-order chi connectivity index (χ0) is 16.0. The SMILES string of the molecule is CCN(CC(N)=O)S(=O)(=O)c1ccc(C#CCO)c(F)c1. The third kappa shape index (κ3) is 4.26. The minimum absolute atomic E-state index is 0.0267. The van der Waals surface area contributed by atoms with Crippen molar-refractivity contribution in [3.63, 3.8) is 0 Å². The predicted octanol–water partition coefficient (Wildman–Crippen LogP) is -0.335. The lowest BCUT2D eigenvalue weighted by molar-refractivity contribution is -0.118. The Morgan fingerprint density at radius 2 is 2.14 bits per heavy atom. The van der Waals surface area contributed by atoms with Gasteiger partial charge in [0.2, 0.25) is 15.9 Å². The average molecular weight is 314 g/mol. The van der Waals surface area contributed by atoms with E-state index in [2.05, 4.69) is 11.8 Å². The fraction of sp³-hybridized carbons (Fsp3) is 0.308. The van der Waals surface area contributed by atoms with Crippen LogP contribution in [-0.4, -0.2) is 43.4 Å². The molecule has 0 fully saturated rings. The van der Waals surface area contributed by atoms with Gasteiger partial charge in [0.1, 0.15) is 12.4 Å². The van der Waals surface area contributed by atoms with Crippen molar-refractivity contribution < 1.29 is 22.7 Å². The number of carbonyl (C=O) groups excluding carboxylic acids is 1. The van der Waals surface area contributed by atoms with Gasteiger partial charge >= 0.3 is 0 Å². The fourth-order valence-corrected chi connectivity index (χ4v) is 3.01. The van der Waals surface area contributed by atoms with E-state index < -0.39 is 34.9 Å². The van der Waals surface area contributed by atoms with Crippen LogP contribution in [0.5, 0.6) is 0 Å². The molecule has 0 saturated heterocycles. The van der Waals surface area contributed by atoms with E-state index in [-0.39, 0.29) is 17.0 Å². The summed E-state index contributed by atoms with van der Waals surface area (Å²) >= 11 is 0. The van der Waals surface area contributed by atoms with Crippen molar-refractivity contribution in [3.05, 3.63) is 29.6 Å². The number of amides is 1. The summed E-state index contributed by atoms with van der Waals surface area (Å²) in [6, 6.07) is 3.20. The number of benzene rings is 1. The van der Waals surface area contributed by atoms with Gasteiger partial charge < -0.3 is 10.8 Å². The molecule has 3 N–H and O–H groups in total. The Balaban J connectivity index is 3.20. The number of sulfonamides is 1. The highest BCUT2D eigenvalue weighted by atomic mass is 32.2. The molecule has 0 unspecified atom stereocenters. The van der Waals surface area contributed by atoms with Gasteiger partial charge in [0, 0.05) is 6.54 Å². The van der Waals surface area contributed by atoms with Crippen LogP contribution in [0.3, 0.4) is 0 Å². The first-order valence-electron chi connectivity index (χ1n) is 6.00. The Bertz CT molecular complexity index is 692. The Hall–Kier alpha value is -1.95. The van der Waals surface area contributed by atoms with Crippen LogP contribution in [0.2, 0.25) is 0 Å². The molecule has 21 heavy (non-hydrogen) atoms. The molecule has 6 nitrogen and oxygen atoms in total. The Labute approximate surface area is 122 Å². The standard InChI is InChI=1S/C13H15FN2O4S/c1-2-16(9-13(15)18)21(19,20)11-6-5-10(4-3-7-17)12(14)8-11/h5-6,8,17H,2,7,9H2,1H3,(H2,15,18). The smallest absolute Gasteiger partial charge is 0.243 e. The van der Waals surface area contributed by atoms with Crippen molar-refractivity contribution >= 4 is 15.9 Å². The van der Waals surface area contributed by atoms with Gasteiger partial charge in [-0.15, -0.1) is 0 Å². The van der Waals surface area contributed by atoms with Crippen LogP contribution in [0.25, 0.3) is 0 Å². The predicted molar refractivity (Wildman–Crippen MR) is 74.0 cm³/mol. The Kier molecular flexibility index (Phi) is 5.84. The number of carbonyl (C=O) groups is 1. The van der Waals surface area contributed by atoms with Crippen molar-refractivity contribution in [1.29, 1.82) is 0 Å². The van der Waals surface area contributed by atoms with Gasteiger partial charge in [0.15, 0.2) is 0 Å². The lowest BCUT2D eigenvalue weighted by Gasteiger charge is -2.18. The highest BCUT2D eigenvalue weighted by Gasteiger charge is 2.25. The molecule has 1 amide bonds. The molecule has 0 saturated carbocycles. The van der Waals surface area contributed by atoms with Gasteiger partial charge in [0.25, 0.3) is 0 Å². The van der Waals surface area contributed by atoms with E-state index in [4.69, 9.17) is 10.8 Å². The monoisotopic (exact) mass is 314 g/mol. The number of hydrogen-bond acceptors (Lipinski definition) is 4. The van der Waals surface area contributed by atoms with Gasteiger partial charge in [-0.2, -0.15) is 4.31 Å². The number of nitrogens with zero attached hydrogens (tertiary/aromatic N) is 1. The number of rotatable bonds is 5. The Morgan fingerprint density at radius 1 is 1.48 bits per heavy atom. The Morgan fingerprint density at radius 3 is 2.62 bits per heavy atom. The van der Waals surface area contributed by atoms with Crippen LogP contribution in [0.4, 0.5) is 4.39 Å². The summed E-state index contributed by atoms with van der Waals surface area (Å²) in [6.07, 6.45) is 0. The maximum absolute atomic E-state index is 13.8. The number of likely N-dealkylation sites (N-methyl/N-ethyl adjacent to an activating group) is 1. The van der Waals surface area contributed by atoms with Gasteiger partial charge in [0.05, 0.1) is 17.0 Å². The average Bonchev–Trinajstić information content (AvgIpc) is 2.42. The van der Waals surface area contributed by atoms with Gasteiger partial charge in [-0.1, -0.05) is 18.8 Å². The molecule has 0 bridgehead atoms. The van der Waals surface area contributed by atoms with Crippen molar-refractivity contribution in [2.24, 2.45) is 5.73 Å². The summed E-state index contributed by atoms with van der Waals surface area (Å²) in [4.78, 5) is 10.6. The highest BCUT2D eigenvalue weighted by molar-refractivity contribution is 7.89. The molecule has 0 aliphatic carbocycles. The fourth-order valence-electron chi connectivity index (χ4n) is 1.58. The maximum Gasteiger partial charge on any atom is 0.243 e. The summed E-state index contributed by atoms with van der Waals surface area (Å²) < 4.78 is 39.1. The molecule has 1 aromatic carbocycles. The molecule has 1 aromatic rings. The second kappa shape index (κ2) is 7.17. The zero-order valence-corrected chi connectivity index (χ0v) is 12.2. The molecule has 0 heterocycles. The van der Waals surface area contributed by atoms with E-state index in [0.29, 0.717) is 0 Å². The van der Waals surface area contributed by atoms with E-state index in [1.54, 1.807) is 0 Å². The van der Waals surface area contributed by atoms with Crippen LogP contribution >= 0.6 is 0 Å². The minimum Gasteiger partial charge on any atom is -0.384 e. The van der Waals surface area contributed by atoms with Crippen molar-refractivity contribution in [3.8, 4) is 11.8 Å². The molecule has 8 heteroatoms. The summed E-state index contributed by atoms with van der Waals surface area (Å²) in [5.74, 6) is 3.00. The normalized spacial score (nSPS) is 11.0. The van der Waals surface area contributed by atoms with Crippen LogP contribution in [0.1, 0.15) is 12.5 Å². The minimum atomic E-state index is -4.01. The van der Waals surface area contributed by atoms with E-state index in [1.165, 1.54) is 19.1 Å². The molecule has 0 aliphatic rings. The quantitative estimate of drug-likeness (QED) is 0.726.